The van der Waals surface area contributed by atoms with Crippen LogP contribution in [-0.2, 0) is 9.53 Å². The summed E-state index contributed by atoms with van der Waals surface area (Å²) in [6, 6.07) is 20.8. The number of carbonyl (C=O) groups is 1. The largest absolute Gasteiger partial charge is 0.463 e. The van der Waals surface area contributed by atoms with Crippen LogP contribution in [0.1, 0.15) is 42.5 Å². The van der Waals surface area contributed by atoms with Crippen LogP contribution in [0.5, 0.6) is 0 Å². The smallest absolute Gasteiger partial charge is 0.331 e. The van der Waals surface area contributed by atoms with E-state index in [1.54, 1.807) is 37.3 Å². The third-order valence-corrected chi connectivity index (χ3v) is 6.28. The van der Waals surface area contributed by atoms with Crippen LogP contribution in [0.25, 0.3) is 16.5 Å². The molecular formula is C29H25F2NO2. The summed E-state index contributed by atoms with van der Waals surface area (Å²) in [4.78, 5) is 12.1. The fraction of sp³-hybridized carbons (Fsp3) is 0.207. The topological polar surface area (TPSA) is 31.2 Å². The highest BCUT2D eigenvalue weighted by Gasteiger charge is 2.28. The fourth-order valence-corrected chi connectivity index (χ4v) is 4.51. The molecule has 34 heavy (non-hydrogen) atoms. The van der Waals surface area contributed by atoms with Crippen molar-refractivity contribution in [2.24, 2.45) is 5.92 Å². The molecule has 0 amide bonds. The second-order valence-corrected chi connectivity index (χ2v) is 8.63. The molecule has 1 aromatic heterocycles. The molecule has 0 spiro atoms. The summed E-state index contributed by atoms with van der Waals surface area (Å²) in [6.07, 6.45) is 5.76. The molecule has 1 fully saturated rings. The molecule has 5 heteroatoms. The van der Waals surface area contributed by atoms with Crippen molar-refractivity contribution in [2.75, 3.05) is 6.61 Å². The van der Waals surface area contributed by atoms with Crippen molar-refractivity contribution >= 4 is 22.4 Å². The molecule has 0 aliphatic heterocycles. The molecule has 3 aromatic carbocycles. The van der Waals surface area contributed by atoms with E-state index in [-0.39, 0.29) is 23.6 Å². The van der Waals surface area contributed by atoms with Gasteiger partial charge in [-0.3, -0.25) is 0 Å². The number of benzene rings is 3. The molecule has 0 saturated heterocycles. The molecule has 1 aliphatic rings. The predicted molar refractivity (Wildman–Crippen MR) is 129 cm³/mol. The Labute approximate surface area is 197 Å². The summed E-state index contributed by atoms with van der Waals surface area (Å²) in [5.74, 6) is -0.529. The van der Waals surface area contributed by atoms with Crippen LogP contribution in [-0.4, -0.2) is 17.1 Å². The van der Waals surface area contributed by atoms with Crippen LogP contribution in [0.15, 0.2) is 85.1 Å². The Bertz CT molecular complexity index is 1300. The predicted octanol–water partition coefficient (Wildman–Crippen LogP) is 6.91. The Hall–Kier alpha value is -3.73. The maximum atomic E-state index is 13.6. The van der Waals surface area contributed by atoms with E-state index in [4.69, 9.17) is 4.74 Å². The number of allylic oxidation sites excluding steroid dienone is 1. The number of esters is 1. The Kier molecular flexibility index (Phi) is 6.01. The van der Waals surface area contributed by atoms with E-state index >= 15 is 0 Å². The molecule has 0 bridgehead atoms. The van der Waals surface area contributed by atoms with E-state index in [9.17, 15) is 13.6 Å². The summed E-state index contributed by atoms with van der Waals surface area (Å²) < 4.78 is 34.5. The standard InChI is InChI=1S/C29H25F2NO2/c1-2-34-28(33)18-26(19-3-4-19)22-9-14-27-23(17-22)15-16-32(27)29(20-5-10-24(30)11-6-20)21-7-12-25(31)13-8-21/h5-19,29H,2-4H2,1H3/b26-18+. The normalized spacial score (nSPS) is 14.1. The molecule has 4 aromatic rings. The van der Waals surface area contributed by atoms with Gasteiger partial charge in [0.15, 0.2) is 0 Å². The molecule has 0 N–H and O–H groups in total. The van der Waals surface area contributed by atoms with E-state index in [0.29, 0.717) is 12.5 Å². The van der Waals surface area contributed by atoms with Gasteiger partial charge in [-0.1, -0.05) is 30.3 Å². The van der Waals surface area contributed by atoms with Gasteiger partial charge in [0.05, 0.1) is 12.6 Å². The van der Waals surface area contributed by atoms with Crippen molar-refractivity contribution in [1.29, 1.82) is 0 Å². The van der Waals surface area contributed by atoms with Crippen molar-refractivity contribution < 1.29 is 18.3 Å². The lowest BCUT2D eigenvalue weighted by Gasteiger charge is -2.22. The monoisotopic (exact) mass is 457 g/mol. The molecule has 1 saturated carbocycles. The van der Waals surface area contributed by atoms with Gasteiger partial charge in [0.1, 0.15) is 11.6 Å². The number of nitrogens with zero attached hydrogens (tertiary/aromatic N) is 1. The zero-order valence-electron chi connectivity index (χ0n) is 18.9. The Balaban J connectivity index is 1.58. The summed E-state index contributed by atoms with van der Waals surface area (Å²) in [5.41, 5.74) is 4.82. The highest BCUT2D eigenvalue weighted by Crippen LogP contribution is 2.43. The highest BCUT2D eigenvalue weighted by molar-refractivity contribution is 5.94. The van der Waals surface area contributed by atoms with Gasteiger partial charge in [-0.15, -0.1) is 0 Å². The molecule has 3 nitrogen and oxygen atoms in total. The zero-order valence-corrected chi connectivity index (χ0v) is 18.9. The lowest BCUT2D eigenvalue weighted by molar-refractivity contribution is -0.137. The summed E-state index contributed by atoms with van der Waals surface area (Å²) >= 11 is 0. The van der Waals surface area contributed by atoms with Crippen molar-refractivity contribution in [2.45, 2.75) is 25.8 Å². The minimum atomic E-state index is -0.310. The van der Waals surface area contributed by atoms with Gasteiger partial charge < -0.3 is 9.30 Å². The Morgan fingerprint density at radius 2 is 1.59 bits per heavy atom. The van der Waals surface area contributed by atoms with Gasteiger partial charge in [-0.25, -0.2) is 13.6 Å². The van der Waals surface area contributed by atoms with Crippen molar-refractivity contribution in [3.63, 3.8) is 0 Å². The molecule has 1 aliphatic carbocycles. The molecule has 0 atom stereocenters. The molecule has 1 heterocycles. The van der Waals surface area contributed by atoms with Crippen LogP contribution in [0.3, 0.4) is 0 Å². The first-order valence-electron chi connectivity index (χ1n) is 11.5. The first-order chi connectivity index (χ1) is 16.5. The van der Waals surface area contributed by atoms with Gasteiger partial charge in [0.2, 0.25) is 0 Å². The second kappa shape index (κ2) is 9.26. The van der Waals surface area contributed by atoms with E-state index in [1.165, 1.54) is 24.3 Å². The number of carbonyl (C=O) groups excluding carboxylic acids is 1. The molecule has 5 rings (SSSR count). The van der Waals surface area contributed by atoms with Crippen molar-refractivity contribution in [3.8, 4) is 0 Å². The van der Waals surface area contributed by atoms with Gasteiger partial charge in [-0.05, 0) is 90.4 Å². The molecule has 172 valence electrons. The molecule has 0 unspecified atom stereocenters. The van der Waals surface area contributed by atoms with Crippen LogP contribution in [0.2, 0.25) is 0 Å². The molecular weight excluding hydrogens is 432 g/mol. The van der Waals surface area contributed by atoms with Gasteiger partial charge in [-0.2, -0.15) is 0 Å². The average molecular weight is 458 g/mol. The number of aromatic nitrogens is 1. The summed E-state index contributed by atoms with van der Waals surface area (Å²) in [7, 11) is 0. The van der Waals surface area contributed by atoms with Crippen molar-refractivity contribution in [1.82, 2.24) is 4.57 Å². The van der Waals surface area contributed by atoms with Crippen LogP contribution >= 0.6 is 0 Å². The van der Waals surface area contributed by atoms with Gasteiger partial charge >= 0.3 is 5.97 Å². The lowest BCUT2D eigenvalue weighted by Crippen LogP contribution is -2.11. The fourth-order valence-electron chi connectivity index (χ4n) is 4.51. The third kappa shape index (κ3) is 4.51. The van der Waals surface area contributed by atoms with Gasteiger partial charge in [0, 0.05) is 23.2 Å². The number of hydrogen-bond acceptors (Lipinski definition) is 2. The quantitative estimate of drug-likeness (QED) is 0.223. The highest BCUT2D eigenvalue weighted by atomic mass is 19.1. The van der Waals surface area contributed by atoms with E-state index < -0.39 is 0 Å². The van der Waals surface area contributed by atoms with E-state index in [2.05, 4.69) is 10.6 Å². The van der Waals surface area contributed by atoms with Crippen molar-refractivity contribution in [3.05, 3.63) is 113 Å². The Morgan fingerprint density at radius 3 is 2.15 bits per heavy atom. The molecule has 0 radical (unpaired) electrons. The van der Waals surface area contributed by atoms with Gasteiger partial charge in [0.25, 0.3) is 0 Å². The summed E-state index contributed by atoms with van der Waals surface area (Å²) in [6.45, 7) is 2.15. The third-order valence-electron chi connectivity index (χ3n) is 6.28. The minimum Gasteiger partial charge on any atom is -0.463 e. The van der Waals surface area contributed by atoms with Crippen LogP contribution < -0.4 is 0 Å². The number of ether oxygens (including phenoxy) is 1. The first kappa shape index (κ1) is 22.1. The SMILES string of the molecule is CCOC(=O)/C=C(/c1ccc2c(ccn2C(c2ccc(F)cc2)c2ccc(F)cc2)c1)C1CC1. The van der Waals surface area contributed by atoms with E-state index in [0.717, 1.165) is 46.0 Å². The lowest BCUT2D eigenvalue weighted by atomic mass is 9.97. The maximum absolute atomic E-state index is 13.6. The number of halogens is 2. The number of fused-ring (bicyclic) bond motifs is 1. The Morgan fingerprint density at radius 1 is 0.971 bits per heavy atom. The van der Waals surface area contributed by atoms with Crippen LogP contribution in [0, 0.1) is 17.6 Å². The average Bonchev–Trinajstić information content (AvgIpc) is 3.60. The van der Waals surface area contributed by atoms with Crippen LogP contribution in [0.4, 0.5) is 8.78 Å². The minimum absolute atomic E-state index is 0.248. The summed E-state index contributed by atoms with van der Waals surface area (Å²) in [5, 5.41) is 1.03. The maximum Gasteiger partial charge on any atom is 0.331 e. The van der Waals surface area contributed by atoms with E-state index in [1.807, 2.05) is 24.4 Å². The second-order valence-electron chi connectivity index (χ2n) is 8.63. The first-order valence-corrected chi connectivity index (χ1v) is 11.5. The zero-order chi connectivity index (χ0) is 23.7. The number of hydrogen-bond donors (Lipinski definition) is 0. The number of rotatable bonds is 7.